The Labute approximate surface area is 132 Å². The lowest BCUT2D eigenvalue weighted by molar-refractivity contribution is -0.385. The monoisotopic (exact) mass is 314 g/mol. The fourth-order valence-electron chi connectivity index (χ4n) is 2.21. The van der Waals surface area contributed by atoms with Gasteiger partial charge in [0.15, 0.2) is 5.78 Å². The van der Waals surface area contributed by atoms with Crippen molar-refractivity contribution in [2.75, 3.05) is 7.11 Å². The molecule has 2 aromatic carbocycles. The van der Waals surface area contributed by atoms with Crippen LogP contribution in [0.2, 0.25) is 0 Å². The molecule has 0 saturated carbocycles. The van der Waals surface area contributed by atoms with Gasteiger partial charge in [-0.2, -0.15) is 0 Å². The molecule has 7 heteroatoms. The van der Waals surface area contributed by atoms with Crippen LogP contribution in [0.4, 0.5) is 5.69 Å². The third-order valence-corrected chi connectivity index (χ3v) is 3.37. The van der Waals surface area contributed by atoms with Crippen LogP contribution in [0.25, 0.3) is 0 Å². The van der Waals surface area contributed by atoms with Gasteiger partial charge in [-0.1, -0.05) is 36.4 Å². The largest absolute Gasteiger partial charge is 0.353 e. The molecule has 0 bridgehead atoms. The van der Waals surface area contributed by atoms with Gasteiger partial charge in [-0.3, -0.25) is 14.9 Å². The number of hydrogen-bond acceptors (Lipinski definition) is 6. The van der Waals surface area contributed by atoms with Crippen LogP contribution in [0.1, 0.15) is 27.7 Å². The number of nitrogens with zero attached hydrogens (tertiary/aromatic N) is 2. The zero-order valence-electron chi connectivity index (χ0n) is 12.3. The summed E-state index contributed by atoms with van der Waals surface area (Å²) in [7, 11) is 1.27. The molecule has 118 valence electrons. The summed E-state index contributed by atoms with van der Waals surface area (Å²) in [4.78, 5) is 33.5. The van der Waals surface area contributed by atoms with E-state index in [0.29, 0.717) is 11.1 Å². The molecule has 0 amide bonds. The summed E-state index contributed by atoms with van der Waals surface area (Å²) in [5.41, 5.74) is 1.02. The first-order chi connectivity index (χ1) is 11.1. The fourth-order valence-corrected chi connectivity index (χ4v) is 2.21. The third-order valence-electron chi connectivity index (χ3n) is 3.37. The van der Waals surface area contributed by atoms with Crippen molar-refractivity contribution >= 4 is 11.5 Å². The smallest absolute Gasteiger partial charge is 0.269 e. The highest BCUT2D eigenvalue weighted by Gasteiger charge is 2.21. The van der Waals surface area contributed by atoms with Gasteiger partial charge in [0.1, 0.15) is 0 Å². The van der Waals surface area contributed by atoms with Crippen LogP contribution in [0.5, 0.6) is 0 Å². The molecule has 0 fully saturated rings. The number of rotatable bonds is 7. The molecule has 0 aromatic heterocycles. The standard InChI is InChI=1S/C16H14N2O5/c1-23-16(17-20)14-10-13(18(21)22)8-7-12(14)9-15(19)11-5-3-2-4-6-11/h2-8,10,16H,9H2,1H3. The van der Waals surface area contributed by atoms with E-state index in [-0.39, 0.29) is 23.5 Å². The summed E-state index contributed by atoms with van der Waals surface area (Å²) in [6.07, 6.45) is -1.21. The average Bonchev–Trinajstić information content (AvgIpc) is 2.57. The van der Waals surface area contributed by atoms with Crippen LogP contribution in [-0.4, -0.2) is 17.8 Å². The predicted octanol–water partition coefficient (Wildman–Crippen LogP) is 3.43. The summed E-state index contributed by atoms with van der Waals surface area (Å²) in [6, 6.07) is 12.6. The minimum Gasteiger partial charge on any atom is -0.353 e. The number of nitro benzene ring substituents is 1. The number of nitroso groups, excluding NO2 is 1. The molecule has 2 rings (SSSR count). The molecule has 0 heterocycles. The van der Waals surface area contributed by atoms with Crippen LogP contribution >= 0.6 is 0 Å². The SMILES string of the molecule is COC(N=O)c1cc([N+](=O)[O-])ccc1CC(=O)c1ccccc1. The topological polar surface area (TPSA) is 98.9 Å². The van der Waals surface area contributed by atoms with Crippen molar-refractivity contribution in [2.24, 2.45) is 5.18 Å². The highest BCUT2D eigenvalue weighted by Crippen LogP contribution is 2.27. The Morgan fingerprint density at radius 1 is 1.26 bits per heavy atom. The van der Waals surface area contributed by atoms with Crippen molar-refractivity contribution in [3.63, 3.8) is 0 Å². The molecular weight excluding hydrogens is 300 g/mol. The number of carbonyl (C=O) groups excluding carboxylic acids is 1. The molecule has 0 aliphatic carbocycles. The summed E-state index contributed by atoms with van der Waals surface area (Å²) in [6.45, 7) is 0. The van der Waals surface area contributed by atoms with Crippen molar-refractivity contribution < 1.29 is 14.5 Å². The molecule has 0 aliphatic heterocycles. The second-order valence-corrected chi connectivity index (χ2v) is 4.80. The zero-order valence-corrected chi connectivity index (χ0v) is 12.3. The van der Waals surface area contributed by atoms with Gasteiger partial charge < -0.3 is 4.74 Å². The van der Waals surface area contributed by atoms with Gasteiger partial charge in [-0.05, 0) is 10.7 Å². The first-order valence-electron chi connectivity index (χ1n) is 6.77. The van der Waals surface area contributed by atoms with Crippen LogP contribution in [0.3, 0.4) is 0 Å². The number of hydrogen-bond donors (Lipinski definition) is 0. The van der Waals surface area contributed by atoms with Crippen molar-refractivity contribution in [3.8, 4) is 0 Å². The zero-order chi connectivity index (χ0) is 16.8. The van der Waals surface area contributed by atoms with Gasteiger partial charge in [0.25, 0.3) is 5.69 Å². The van der Waals surface area contributed by atoms with Gasteiger partial charge in [-0.25, -0.2) is 0 Å². The summed E-state index contributed by atoms with van der Waals surface area (Å²) >= 11 is 0. The van der Waals surface area contributed by atoms with Crippen LogP contribution in [0.15, 0.2) is 53.7 Å². The van der Waals surface area contributed by atoms with E-state index in [4.69, 9.17) is 4.74 Å². The molecular formula is C16H14N2O5. The van der Waals surface area contributed by atoms with Gasteiger partial charge in [0.2, 0.25) is 6.23 Å². The summed E-state index contributed by atoms with van der Waals surface area (Å²) in [5, 5.41) is 13.7. The predicted molar refractivity (Wildman–Crippen MR) is 83.1 cm³/mol. The number of Topliss-reactive ketones (excluding diaryl/α,β-unsaturated/α-hetero) is 1. The van der Waals surface area contributed by atoms with E-state index in [1.807, 2.05) is 0 Å². The number of ether oxygens (including phenoxy) is 1. The Bertz CT molecular complexity index is 731. The Hall–Kier alpha value is -2.93. The Morgan fingerprint density at radius 3 is 2.52 bits per heavy atom. The molecule has 2 aromatic rings. The molecule has 0 saturated heterocycles. The lowest BCUT2D eigenvalue weighted by Crippen LogP contribution is -2.09. The van der Waals surface area contributed by atoms with Crippen LogP contribution in [0, 0.1) is 15.0 Å². The maximum absolute atomic E-state index is 12.3. The van der Waals surface area contributed by atoms with E-state index in [0.717, 1.165) is 0 Å². The maximum Gasteiger partial charge on any atom is 0.269 e. The number of methoxy groups -OCH3 is 1. The van der Waals surface area contributed by atoms with Crippen molar-refractivity contribution in [2.45, 2.75) is 12.6 Å². The quantitative estimate of drug-likeness (QED) is 0.337. The lowest BCUT2D eigenvalue weighted by Gasteiger charge is -2.12. The maximum atomic E-state index is 12.3. The van der Waals surface area contributed by atoms with E-state index in [1.165, 1.54) is 25.3 Å². The number of non-ortho nitro benzene ring substituents is 1. The third kappa shape index (κ3) is 3.83. The Morgan fingerprint density at radius 2 is 1.96 bits per heavy atom. The van der Waals surface area contributed by atoms with Crippen LogP contribution < -0.4 is 0 Å². The van der Waals surface area contributed by atoms with Gasteiger partial charge in [-0.15, -0.1) is 4.91 Å². The number of ketones is 1. The second-order valence-electron chi connectivity index (χ2n) is 4.80. The van der Waals surface area contributed by atoms with Crippen molar-refractivity contribution in [1.29, 1.82) is 0 Å². The van der Waals surface area contributed by atoms with Crippen LogP contribution in [-0.2, 0) is 11.2 Å². The highest BCUT2D eigenvalue weighted by molar-refractivity contribution is 5.97. The van der Waals surface area contributed by atoms with E-state index in [2.05, 4.69) is 5.18 Å². The Balaban J connectivity index is 2.39. The molecule has 7 nitrogen and oxygen atoms in total. The minimum absolute atomic E-state index is 0.00722. The number of carbonyl (C=O) groups is 1. The molecule has 23 heavy (non-hydrogen) atoms. The fraction of sp³-hybridized carbons (Fsp3) is 0.188. The summed E-state index contributed by atoms with van der Waals surface area (Å²) < 4.78 is 4.94. The molecule has 1 unspecified atom stereocenters. The second kappa shape index (κ2) is 7.37. The number of nitro groups is 1. The molecule has 1 atom stereocenters. The van der Waals surface area contributed by atoms with E-state index in [9.17, 15) is 19.8 Å². The molecule has 0 aliphatic rings. The van der Waals surface area contributed by atoms with E-state index in [1.54, 1.807) is 30.3 Å². The van der Waals surface area contributed by atoms with Crippen molar-refractivity contribution in [3.05, 3.63) is 80.2 Å². The Kier molecular flexibility index (Phi) is 5.27. The van der Waals surface area contributed by atoms with Crippen molar-refractivity contribution in [1.82, 2.24) is 0 Å². The lowest BCUT2D eigenvalue weighted by atomic mass is 9.97. The minimum atomic E-state index is -1.20. The van der Waals surface area contributed by atoms with E-state index < -0.39 is 11.2 Å². The van der Waals surface area contributed by atoms with Gasteiger partial charge in [0.05, 0.1) is 4.92 Å². The van der Waals surface area contributed by atoms with E-state index >= 15 is 0 Å². The normalized spacial score (nSPS) is 11.7. The first-order valence-corrected chi connectivity index (χ1v) is 6.77. The van der Waals surface area contributed by atoms with Gasteiger partial charge >= 0.3 is 0 Å². The molecule has 0 radical (unpaired) electrons. The number of benzene rings is 2. The first kappa shape index (κ1) is 16.4. The summed E-state index contributed by atoms with van der Waals surface area (Å²) in [5.74, 6) is -0.165. The average molecular weight is 314 g/mol. The van der Waals surface area contributed by atoms with Gasteiger partial charge in [0, 0.05) is 36.8 Å². The highest BCUT2D eigenvalue weighted by atomic mass is 16.6. The molecule has 0 spiro atoms. The molecule has 0 N–H and O–H groups in total.